The number of halogens is 2. The summed E-state index contributed by atoms with van der Waals surface area (Å²) >= 11 is 3.34. The molecule has 1 aromatic rings. The zero-order chi connectivity index (χ0) is 11.1. The number of piperidine rings is 1. The number of hydrogen-bond acceptors (Lipinski definition) is 1. The van der Waals surface area contributed by atoms with E-state index in [9.17, 15) is 4.39 Å². The van der Waals surface area contributed by atoms with Gasteiger partial charge in [0, 0.05) is 19.1 Å². The van der Waals surface area contributed by atoms with Gasteiger partial charge in [0.15, 0.2) is 0 Å². The van der Waals surface area contributed by atoms with E-state index in [0.29, 0.717) is 4.47 Å². The highest BCUT2D eigenvalue weighted by Crippen LogP contribution is 2.38. The Hall–Kier alpha value is -0.410. The lowest BCUT2D eigenvalue weighted by Crippen LogP contribution is -2.31. The SMILES string of the molecule is Fc1cccc(CN2CC3CCC2C3)c1Br. The van der Waals surface area contributed by atoms with Gasteiger partial charge in [0.05, 0.1) is 4.47 Å². The van der Waals surface area contributed by atoms with Gasteiger partial charge in [0.25, 0.3) is 0 Å². The Balaban J connectivity index is 1.77. The summed E-state index contributed by atoms with van der Waals surface area (Å²) in [4.78, 5) is 2.51. The summed E-state index contributed by atoms with van der Waals surface area (Å²) < 4.78 is 14.0. The standard InChI is InChI=1S/C13H15BrFN/c14-13-10(2-1-3-12(13)15)8-16-7-9-4-5-11(16)6-9/h1-3,9,11H,4-8H2. The topological polar surface area (TPSA) is 3.24 Å². The van der Waals surface area contributed by atoms with Gasteiger partial charge in [-0.05, 0) is 52.7 Å². The predicted molar refractivity (Wildman–Crippen MR) is 65.6 cm³/mol. The molecule has 0 amide bonds. The number of likely N-dealkylation sites (tertiary alicyclic amines) is 1. The van der Waals surface area contributed by atoms with Crippen molar-refractivity contribution in [2.75, 3.05) is 6.54 Å². The summed E-state index contributed by atoms with van der Waals surface area (Å²) in [6.45, 7) is 2.09. The highest BCUT2D eigenvalue weighted by Gasteiger charge is 2.37. The Labute approximate surface area is 104 Å². The first-order valence-corrected chi connectivity index (χ1v) is 6.70. The third kappa shape index (κ3) is 1.80. The van der Waals surface area contributed by atoms with E-state index in [1.165, 1.54) is 31.9 Å². The lowest BCUT2D eigenvalue weighted by Gasteiger charge is -2.27. The molecule has 2 fully saturated rings. The lowest BCUT2D eigenvalue weighted by atomic mass is 10.1. The molecule has 1 saturated heterocycles. The van der Waals surface area contributed by atoms with Gasteiger partial charge in [0.2, 0.25) is 0 Å². The van der Waals surface area contributed by atoms with Gasteiger partial charge >= 0.3 is 0 Å². The predicted octanol–water partition coefficient (Wildman–Crippen LogP) is 3.57. The normalized spacial score (nSPS) is 28.9. The molecule has 0 radical (unpaired) electrons. The van der Waals surface area contributed by atoms with Gasteiger partial charge in [-0.2, -0.15) is 0 Å². The van der Waals surface area contributed by atoms with E-state index in [1.807, 2.05) is 6.07 Å². The smallest absolute Gasteiger partial charge is 0.137 e. The lowest BCUT2D eigenvalue weighted by molar-refractivity contribution is 0.205. The van der Waals surface area contributed by atoms with Crippen molar-refractivity contribution in [2.24, 2.45) is 5.92 Å². The van der Waals surface area contributed by atoms with E-state index in [-0.39, 0.29) is 5.82 Å². The Morgan fingerprint density at radius 3 is 2.94 bits per heavy atom. The minimum atomic E-state index is -0.151. The molecular weight excluding hydrogens is 269 g/mol. The highest BCUT2D eigenvalue weighted by atomic mass is 79.9. The maximum Gasteiger partial charge on any atom is 0.137 e. The molecule has 2 aliphatic rings. The second-order valence-electron chi connectivity index (χ2n) is 4.98. The van der Waals surface area contributed by atoms with Crippen LogP contribution in [0.2, 0.25) is 0 Å². The minimum Gasteiger partial charge on any atom is -0.296 e. The molecule has 86 valence electrons. The summed E-state index contributed by atoms with van der Waals surface area (Å²) in [5.41, 5.74) is 1.08. The maximum atomic E-state index is 13.4. The van der Waals surface area contributed by atoms with Crippen LogP contribution in [0, 0.1) is 11.7 Å². The summed E-state index contributed by atoms with van der Waals surface area (Å²) in [5.74, 6) is 0.749. The molecule has 3 rings (SSSR count). The molecule has 1 aromatic carbocycles. The molecule has 3 heteroatoms. The third-order valence-electron chi connectivity index (χ3n) is 3.93. The average Bonchev–Trinajstić information content (AvgIpc) is 2.86. The van der Waals surface area contributed by atoms with Crippen LogP contribution in [0.15, 0.2) is 22.7 Å². The van der Waals surface area contributed by atoms with Crippen LogP contribution in [-0.2, 0) is 6.54 Å². The second-order valence-corrected chi connectivity index (χ2v) is 5.77. The Morgan fingerprint density at radius 1 is 1.38 bits per heavy atom. The van der Waals surface area contributed by atoms with E-state index < -0.39 is 0 Å². The van der Waals surface area contributed by atoms with Crippen molar-refractivity contribution >= 4 is 15.9 Å². The van der Waals surface area contributed by atoms with Crippen LogP contribution in [0.1, 0.15) is 24.8 Å². The van der Waals surface area contributed by atoms with Gasteiger partial charge in [-0.3, -0.25) is 4.90 Å². The fourth-order valence-corrected chi connectivity index (χ4v) is 3.50. The van der Waals surface area contributed by atoms with Gasteiger partial charge in [-0.1, -0.05) is 12.1 Å². The molecule has 1 nitrogen and oxygen atoms in total. The number of rotatable bonds is 2. The monoisotopic (exact) mass is 283 g/mol. The van der Waals surface area contributed by atoms with Crippen LogP contribution >= 0.6 is 15.9 Å². The maximum absolute atomic E-state index is 13.4. The summed E-state index contributed by atoms with van der Waals surface area (Å²) in [5, 5.41) is 0. The zero-order valence-corrected chi connectivity index (χ0v) is 10.7. The Kier molecular flexibility index (Phi) is 2.76. The summed E-state index contributed by atoms with van der Waals surface area (Å²) in [6.07, 6.45) is 4.08. The molecule has 1 heterocycles. The van der Waals surface area contributed by atoms with Gasteiger partial charge in [-0.25, -0.2) is 4.39 Å². The van der Waals surface area contributed by atoms with E-state index in [4.69, 9.17) is 0 Å². The van der Waals surface area contributed by atoms with Gasteiger partial charge in [-0.15, -0.1) is 0 Å². The fraction of sp³-hybridized carbons (Fsp3) is 0.538. The van der Waals surface area contributed by atoms with Gasteiger partial charge in [0.1, 0.15) is 5.82 Å². The number of hydrogen-bond donors (Lipinski definition) is 0. The minimum absolute atomic E-state index is 0.151. The quantitative estimate of drug-likeness (QED) is 0.802. The first-order chi connectivity index (χ1) is 7.74. The fourth-order valence-electron chi connectivity index (χ4n) is 3.11. The number of nitrogens with zero attached hydrogens (tertiary/aromatic N) is 1. The zero-order valence-electron chi connectivity index (χ0n) is 9.13. The van der Waals surface area contributed by atoms with Crippen molar-refractivity contribution in [2.45, 2.75) is 31.8 Å². The van der Waals surface area contributed by atoms with Gasteiger partial charge < -0.3 is 0 Å². The van der Waals surface area contributed by atoms with Crippen molar-refractivity contribution in [3.05, 3.63) is 34.1 Å². The molecule has 2 unspecified atom stereocenters. The molecule has 0 aromatic heterocycles. The highest BCUT2D eigenvalue weighted by molar-refractivity contribution is 9.10. The van der Waals surface area contributed by atoms with E-state index in [1.54, 1.807) is 6.07 Å². The number of fused-ring (bicyclic) bond motifs is 2. The Morgan fingerprint density at radius 2 is 2.25 bits per heavy atom. The molecule has 1 aliphatic carbocycles. The molecule has 2 bridgehead atoms. The van der Waals surface area contributed by atoms with E-state index in [0.717, 1.165) is 24.1 Å². The molecule has 1 saturated carbocycles. The van der Waals surface area contributed by atoms with Crippen LogP contribution in [-0.4, -0.2) is 17.5 Å². The van der Waals surface area contributed by atoms with Crippen molar-refractivity contribution in [3.63, 3.8) is 0 Å². The van der Waals surface area contributed by atoms with E-state index >= 15 is 0 Å². The van der Waals surface area contributed by atoms with Crippen molar-refractivity contribution in [1.29, 1.82) is 0 Å². The first-order valence-electron chi connectivity index (χ1n) is 5.91. The largest absolute Gasteiger partial charge is 0.296 e. The first kappa shape index (κ1) is 10.7. The summed E-state index contributed by atoms with van der Waals surface area (Å²) in [7, 11) is 0. The molecule has 0 spiro atoms. The summed E-state index contributed by atoms with van der Waals surface area (Å²) in [6, 6.07) is 6.06. The molecule has 0 N–H and O–H groups in total. The van der Waals surface area contributed by atoms with Crippen LogP contribution in [0.25, 0.3) is 0 Å². The van der Waals surface area contributed by atoms with Crippen LogP contribution in [0.4, 0.5) is 4.39 Å². The van der Waals surface area contributed by atoms with Crippen LogP contribution in [0.3, 0.4) is 0 Å². The molecule has 1 aliphatic heterocycles. The van der Waals surface area contributed by atoms with Crippen molar-refractivity contribution in [1.82, 2.24) is 4.90 Å². The molecule has 2 atom stereocenters. The Bertz CT molecular complexity index is 407. The van der Waals surface area contributed by atoms with Crippen LogP contribution in [0.5, 0.6) is 0 Å². The third-order valence-corrected chi connectivity index (χ3v) is 4.82. The van der Waals surface area contributed by atoms with Crippen molar-refractivity contribution < 1.29 is 4.39 Å². The second kappa shape index (κ2) is 4.11. The molecule has 16 heavy (non-hydrogen) atoms. The van der Waals surface area contributed by atoms with Crippen LogP contribution < -0.4 is 0 Å². The number of benzene rings is 1. The average molecular weight is 284 g/mol. The van der Waals surface area contributed by atoms with E-state index in [2.05, 4.69) is 20.8 Å². The molecular formula is C13H15BrFN. The van der Waals surface area contributed by atoms with Crippen molar-refractivity contribution in [3.8, 4) is 0 Å².